The number of aromatic nitrogens is 3. The quantitative estimate of drug-likeness (QED) is 0.170. The largest absolute Gasteiger partial charge is 0.208 e. The summed E-state index contributed by atoms with van der Waals surface area (Å²) in [4.78, 5) is 15.3. The highest BCUT2D eigenvalue weighted by molar-refractivity contribution is 5.91. The molecule has 0 atom stereocenters. The molecular formula is C47H31N3. The molecule has 2 aliphatic carbocycles. The average molecular weight is 638 g/mol. The van der Waals surface area contributed by atoms with Crippen LogP contribution in [0.2, 0.25) is 0 Å². The van der Waals surface area contributed by atoms with Crippen molar-refractivity contribution in [3.8, 4) is 45.0 Å². The van der Waals surface area contributed by atoms with E-state index in [-0.39, 0.29) is 0 Å². The Bertz CT molecular complexity index is 2560. The number of hydrogen-bond donors (Lipinski definition) is 0. The van der Waals surface area contributed by atoms with E-state index in [2.05, 4.69) is 139 Å². The van der Waals surface area contributed by atoms with Crippen molar-refractivity contribution in [2.75, 3.05) is 0 Å². The lowest BCUT2D eigenvalue weighted by Gasteiger charge is -2.14. The monoisotopic (exact) mass is 637 g/mol. The van der Waals surface area contributed by atoms with E-state index in [0.29, 0.717) is 17.5 Å². The number of nitrogens with zero attached hydrogens (tertiary/aromatic N) is 3. The molecular weight excluding hydrogens is 607 g/mol. The normalized spacial score (nSPS) is 13.7. The predicted molar refractivity (Wildman–Crippen MR) is 206 cm³/mol. The predicted octanol–water partition coefficient (Wildman–Crippen LogP) is 11.8. The van der Waals surface area contributed by atoms with Gasteiger partial charge in [-0.2, -0.15) is 0 Å². The molecule has 0 N–H and O–H groups in total. The Kier molecular flexibility index (Phi) is 7.53. The van der Waals surface area contributed by atoms with Gasteiger partial charge in [0.15, 0.2) is 17.5 Å². The maximum absolute atomic E-state index is 5.14. The lowest BCUT2D eigenvalue weighted by Crippen LogP contribution is -2.03. The summed E-state index contributed by atoms with van der Waals surface area (Å²) in [5.74, 6) is 1.79. The molecule has 0 unspecified atom stereocenters. The molecule has 234 valence electrons. The lowest BCUT2D eigenvalue weighted by molar-refractivity contribution is 1.02. The van der Waals surface area contributed by atoms with E-state index in [1.165, 1.54) is 27.1 Å². The molecule has 9 rings (SSSR count). The van der Waals surface area contributed by atoms with Gasteiger partial charge in [0.1, 0.15) is 0 Å². The molecule has 0 saturated heterocycles. The molecule has 1 heterocycles. The van der Waals surface area contributed by atoms with Crippen molar-refractivity contribution in [1.82, 2.24) is 15.0 Å². The van der Waals surface area contributed by atoms with Crippen LogP contribution < -0.4 is 0 Å². The second kappa shape index (κ2) is 12.8. The highest BCUT2D eigenvalue weighted by atomic mass is 15.0. The van der Waals surface area contributed by atoms with Gasteiger partial charge in [-0.25, -0.2) is 15.0 Å². The Morgan fingerprint density at radius 2 is 1.02 bits per heavy atom. The third-order valence-electron chi connectivity index (χ3n) is 9.33. The number of allylic oxidation sites excluding steroid dienone is 8. The molecule has 0 amide bonds. The van der Waals surface area contributed by atoms with Crippen molar-refractivity contribution < 1.29 is 0 Å². The first-order valence-electron chi connectivity index (χ1n) is 17.0. The smallest absolute Gasteiger partial charge is 0.172 e. The third-order valence-corrected chi connectivity index (χ3v) is 9.33. The molecule has 0 spiro atoms. The molecule has 3 heteroatoms. The molecule has 0 radical (unpaired) electrons. The van der Waals surface area contributed by atoms with Crippen LogP contribution in [0.25, 0.3) is 72.1 Å². The van der Waals surface area contributed by atoms with Crippen LogP contribution in [-0.4, -0.2) is 15.0 Å². The molecule has 50 heavy (non-hydrogen) atoms. The summed E-state index contributed by atoms with van der Waals surface area (Å²) in [5.41, 5.74) is 15.9. The van der Waals surface area contributed by atoms with Gasteiger partial charge in [-0.1, -0.05) is 133 Å². The fourth-order valence-electron chi connectivity index (χ4n) is 6.71. The molecule has 2 aliphatic rings. The van der Waals surface area contributed by atoms with E-state index in [1.807, 2.05) is 36.4 Å². The molecule has 0 fully saturated rings. The second-order valence-corrected chi connectivity index (χ2v) is 12.7. The Hall–Kier alpha value is -6.63. The van der Waals surface area contributed by atoms with E-state index in [0.717, 1.165) is 57.4 Å². The van der Waals surface area contributed by atoms with Gasteiger partial charge in [-0.05, 0) is 110 Å². The standard InChI is InChI=1S/C47H31N3/c1-3-12-32(13-4-1)38-20-11-21-41(28-38)46-48-45(35-16-5-2-6-17-35)49-47(50-46)44-30-42(39-24-22-33-14-7-9-18-36(33)26-39)29-43(31-44)40-25-23-34-15-8-10-19-37(34)27-40/h2-3,5-10,12-20,22-31H,1,4H2. The van der Waals surface area contributed by atoms with Crippen LogP contribution in [0.15, 0.2) is 186 Å². The molecule has 0 aliphatic heterocycles. The second-order valence-electron chi connectivity index (χ2n) is 12.7. The van der Waals surface area contributed by atoms with Gasteiger partial charge in [0.25, 0.3) is 0 Å². The summed E-state index contributed by atoms with van der Waals surface area (Å²) in [6.45, 7) is 0. The van der Waals surface area contributed by atoms with Crippen LogP contribution in [0.4, 0.5) is 0 Å². The summed E-state index contributed by atoms with van der Waals surface area (Å²) >= 11 is 0. The minimum atomic E-state index is 0.565. The zero-order chi connectivity index (χ0) is 33.3. The first-order valence-corrected chi connectivity index (χ1v) is 17.0. The van der Waals surface area contributed by atoms with Crippen molar-refractivity contribution in [1.29, 1.82) is 0 Å². The van der Waals surface area contributed by atoms with Gasteiger partial charge >= 0.3 is 0 Å². The highest BCUT2D eigenvalue weighted by Crippen LogP contribution is 2.35. The summed E-state index contributed by atoms with van der Waals surface area (Å²) < 4.78 is 0. The Morgan fingerprint density at radius 1 is 0.440 bits per heavy atom. The summed E-state index contributed by atoms with van der Waals surface area (Å²) in [7, 11) is 0. The summed E-state index contributed by atoms with van der Waals surface area (Å²) in [6, 6.07) is 47.1. The maximum atomic E-state index is 5.14. The molecule has 0 saturated carbocycles. The van der Waals surface area contributed by atoms with Crippen LogP contribution in [0, 0.1) is 0 Å². The van der Waals surface area contributed by atoms with Crippen LogP contribution in [-0.2, 0) is 0 Å². The number of rotatable bonds is 6. The van der Waals surface area contributed by atoms with Gasteiger partial charge in [0, 0.05) is 11.1 Å². The average Bonchev–Trinajstić information content (AvgIpc) is 3.21. The van der Waals surface area contributed by atoms with E-state index in [1.54, 1.807) is 0 Å². The third kappa shape index (κ3) is 5.85. The van der Waals surface area contributed by atoms with E-state index < -0.39 is 0 Å². The number of fused-ring (bicyclic) bond motifs is 2. The molecule has 3 nitrogen and oxygen atoms in total. The minimum Gasteiger partial charge on any atom is -0.208 e. The Balaban J connectivity index is 1.24. The van der Waals surface area contributed by atoms with Gasteiger partial charge < -0.3 is 0 Å². The van der Waals surface area contributed by atoms with Crippen molar-refractivity contribution in [3.63, 3.8) is 0 Å². The molecule has 6 aromatic carbocycles. The van der Waals surface area contributed by atoms with Crippen LogP contribution in [0.5, 0.6) is 0 Å². The van der Waals surface area contributed by atoms with Crippen LogP contribution in [0.3, 0.4) is 0 Å². The zero-order valence-corrected chi connectivity index (χ0v) is 27.3. The Morgan fingerprint density at radius 3 is 1.66 bits per heavy atom. The SMILES string of the molecule is C1=C=C(c2nc(-c3ccccc3)nc(-c3cc(-c4ccc5ccccc5c4)cc(-c4ccc5ccccc5c4)c3)n2)C=C(C2=CCCC=C2)C=1. The van der Waals surface area contributed by atoms with Gasteiger partial charge in [-0.15, -0.1) is 0 Å². The van der Waals surface area contributed by atoms with E-state index in [9.17, 15) is 0 Å². The summed E-state index contributed by atoms with van der Waals surface area (Å²) in [6.07, 6.45) is 12.9. The van der Waals surface area contributed by atoms with Gasteiger partial charge in [-0.3, -0.25) is 0 Å². The zero-order valence-electron chi connectivity index (χ0n) is 27.3. The van der Waals surface area contributed by atoms with Crippen molar-refractivity contribution in [2.45, 2.75) is 12.8 Å². The van der Waals surface area contributed by atoms with Crippen LogP contribution >= 0.6 is 0 Å². The first-order chi connectivity index (χ1) is 24.7. The first kappa shape index (κ1) is 29.5. The number of benzene rings is 6. The molecule has 0 bridgehead atoms. The minimum absolute atomic E-state index is 0.565. The van der Waals surface area contributed by atoms with Gasteiger partial charge in [0.05, 0.1) is 5.57 Å². The fourth-order valence-corrected chi connectivity index (χ4v) is 6.71. The van der Waals surface area contributed by atoms with E-state index >= 15 is 0 Å². The van der Waals surface area contributed by atoms with Gasteiger partial charge in [0.2, 0.25) is 0 Å². The van der Waals surface area contributed by atoms with Crippen molar-refractivity contribution >= 4 is 27.1 Å². The Labute approximate surface area is 291 Å². The number of hydrogen-bond acceptors (Lipinski definition) is 3. The maximum Gasteiger partial charge on any atom is 0.172 e. The van der Waals surface area contributed by atoms with Crippen molar-refractivity contribution in [2.24, 2.45) is 0 Å². The molecule has 1 aromatic heterocycles. The fraction of sp³-hybridized carbons (Fsp3) is 0.0426. The van der Waals surface area contributed by atoms with Crippen molar-refractivity contribution in [3.05, 3.63) is 192 Å². The topological polar surface area (TPSA) is 38.7 Å². The van der Waals surface area contributed by atoms with Crippen LogP contribution in [0.1, 0.15) is 18.7 Å². The molecule has 7 aromatic rings. The summed E-state index contributed by atoms with van der Waals surface area (Å²) in [5, 5.41) is 4.83. The van der Waals surface area contributed by atoms with E-state index in [4.69, 9.17) is 15.0 Å². The lowest BCUT2D eigenvalue weighted by atomic mass is 9.93. The highest BCUT2D eigenvalue weighted by Gasteiger charge is 2.17.